The highest BCUT2D eigenvalue weighted by Gasteiger charge is 2.35. The number of rotatable bonds is 6. The molecule has 0 saturated heterocycles. The maximum atomic E-state index is 12.9. The highest BCUT2D eigenvalue weighted by Crippen LogP contribution is 2.38. The number of methoxy groups -OCH3 is 1. The average Bonchev–Trinajstić information content (AvgIpc) is 3.22. The highest BCUT2D eigenvalue weighted by molar-refractivity contribution is 6.30. The Hall–Kier alpha value is -3.45. The molecule has 0 aliphatic carbocycles. The first-order chi connectivity index (χ1) is 15.4. The standard InChI is InChI=1S/C24H22ClN3O4/c1-14-3-5-15(6-4-14)20-13-21(28(27-20)22(29)9-10-23(30)31)18-11-16-7-8-17(32-2)12-19(16)26-24(18)25/h3-8,11-12,21H,9-10,13H2,1-2H3,(H,30,31). The van der Waals surface area contributed by atoms with Crippen LogP contribution in [0.25, 0.3) is 10.9 Å². The molecular formula is C24H22ClN3O4. The summed E-state index contributed by atoms with van der Waals surface area (Å²) in [5, 5.41) is 16.1. The molecule has 2 heterocycles. The Morgan fingerprint density at radius 3 is 2.59 bits per heavy atom. The smallest absolute Gasteiger partial charge is 0.303 e. The van der Waals surface area contributed by atoms with E-state index in [1.165, 1.54) is 5.01 Å². The zero-order chi connectivity index (χ0) is 22.8. The number of hydrogen-bond acceptors (Lipinski definition) is 5. The fourth-order valence-corrected chi connectivity index (χ4v) is 4.00. The summed E-state index contributed by atoms with van der Waals surface area (Å²) in [6, 6.07) is 14.8. The van der Waals surface area contributed by atoms with Crippen LogP contribution in [0.2, 0.25) is 5.15 Å². The molecule has 1 aliphatic rings. The number of aryl methyl sites for hydroxylation is 1. The summed E-state index contributed by atoms with van der Waals surface area (Å²) in [5.74, 6) is -0.730. The number of carboxylic acid groups (broad SMARTS) is 1. The first kappa shape index (κ1) is 21.8. The molecule has 0 saturated carbocycles. The summed E-state index contributed by atoms with van der Waals surface area (Å²) in [5.41, 5.74) is 4.11. The van der Waals surface area contributed by atoms with E-state index in [0.29, 0.717) is 23.3 Å². The molecule has 3 aromatic rings. The number of fused-ring (bicyclic) bond motifs is 1. The third-order valence-corrected chi connectivity index (χ3v) is 5.77. The molecule has 0 spiro atoms. The summed E-state index contributed by atoms with van der Waals surface area (Å²) in [4.78, 5) is 28.4. The predicted molar refractivity (Wildman–Crippen MR) is 122 cm³/mol. The lowest BCUT2D eigenvalue weighted by Crippen LogP contribution is -2.27. The van der Waals surface area contributed by atoms with Crippen molar-refractivity contribution in [3.8, 4) is 5.75 Å². The van der Waals surface area contributed by atoms with E-state index in [9.17, 15) is 9.59 Å². The molecule has 7 nitrogen and oxygen atoms in total. The second kappa shape index (κ2) is 8.96. The van der Waals surface area contributed by atoms with Gasteiger partial charge in [0, 0.05) is 29.9 Å². The number of carbonyl (C=O) groups excluding carboxylic acids is 1. The summed E-state index contributed by atoms with van der Waals surface area (Å²) in [6.45, 7) is 2.00. The Kier molecular flexibility index (Phi) is 6.10. The Balaban J connectivity index is 1.73. The summed E-state index contributed by atoms with van der Waals surface area (Å²) in [6.07, 6.45) is 0.0399. The van der Waals surface area contributed by atoms with E-state index in [-0.39, 0.29) is 23.9 Å². The number of hydrogen-bond donors (Lipinski definition) is 1. The van der Waals surface area contributed by atoms with Gasteiger partial charge in [-0.15, -0.1) is 0 Å². The van der Waals surface area contributed by atoms with Gasteiger partial charge >= 0.3 is 5.97 Å². The normalized spacial score (nSPS) is 15.7. The minimum Gasteiger partial charge on any atom is -0.497 e. The summed E-state index contributed by atoms with van der Waals surface area (Å²) >= 11 is 6.56. The molecule has 2 aromatic carbocycles. The largest absolute Gasteiger partial charge is 0.497 e. The maximum Gasteiger partial charge on any atom is 0.303 e. The molecule has 1 unspecified atom stereocenters. The molecule has 1 aromatic heterocycles. The van der Waals surface area contributed by atoms with Gasteiger partial charge in [-0.25, -0.2) is 9.99 Å². The number of benzene rings is 2. The zero-order valence-corrected chi connectivity index (χ0v) is 18.5. The van der Waals surface area contributed by atoms with Crippen molar-refractivity contribution >= 4 is 40.1 Å². The van der Waals surface area contributed by atoms with Crippen molar-refractivity contribution in [1.82, 2.24) is 9.99 Å². The molecule has 0 bridgehead atoms. The lowest BCUT2D eigenvalue weighted by Gasteiger charge is -2.23. The van der Waals surface area contributed by atoms with Crippen molar-refractivity contribution in [2.75, 3.05) is 7.11 Å². The van der Waals surface area contributed by atoms with Gasteiger partial charge in [-0.1, -0.05) is 41.4 Å². The van der Waals surface area contributed by atoms with Crippen LogP contribution in [0.1, 0.15) is 42.0 Å². The highest BCUT2D eigenvalue weighted by atomic mass is 35.5. The van der Waals surface area contributed by atoms with Gasteiger partial charge < -0.3 is 9.84 Å². The maximum absolute atomic E-state index is 12.9. The van der Waals surface area contributed by atoms with Gasteiger partial charge in [0.05, 0.1) is 30.8 Å². The second-order valence-corrected chi connectivity index (χ2v) is 8.05. The predicted octanol–water partition coefficient (Wildman–Crippen LogP) is 4.75. The second-order valence-electron chi connectivity index (χ2n) is 7.69. The molecule has 0 fully saturated rings. The number of aromatic nitrogens is 1. The topological polar surface area (TPSA) is 92.1 Å². The van der Waals surface area contributed by atoms with Gasteiger partial charge in [0.15, 0.2) is 0 Å². The van der Waals surface area contributed by atoms with Crippen molar-refractivity contribution in [3.05, 3.63) is 70.4 Å². The number of pyridine rings is 1. The van der Waals surface area contributed by atoms with E-state index in [2.05, 4.69) is 10.1 Å². The van der Waals surface area contributed by atoms with E-state index < -0.39 is 12.0 Å². The van der Waals surface area contributed by atoms with Gasteiger partial charge in [-0.2, -0.15) is 5.10 Å². The van der Waals surface area contributed by atoms with Gasteiger partial charge in [0.2, 0.25) is 5.91 Å². The van der Waals surface area contributed by atoms with Crippen molar-refractivity contribution in [3.63, 3.8) is 0 Å². The van der Waals surface area contributed by atoms with Crippen LogP contribution in [-0.4, -0.2) is 39.8 Å². The monoisotopic (exact) mass is 451 g/mol. The summed E-state index contributed by atoms with van der Waals surface area (Å²) in [7, 11) is 1.58. The Labute approximate surface area is 190 Å². The first-order valence-electron chi connectivity index (χ1n) is 10.2. The van der Waals surface area contributed by atoms with Crippen LogP contribution < -0.4 is 4.74 Å². The van der Waals surface area contributed by atoms with Crippen LogP contribution >= 0.6 is 11.6 Å². The minimum atomic E-state index is -1.03. The van der Waals surface area contributed by atoms with Crippen molar-refractivity contribution in [1.29, 1.82) is 0 Å². The molecule has 4 rings (SSSR count). The number of nitrogens with zero attached hydrogens (tertiary/aromatic N) is 3. The number of aliphatic carboxylic acids is 1. The fourth-order valence-electron chi connectivity index (χ4n) is 3.73. The van der Waals surface area contributed by atoms with Crippen molar-refractivity contribution in [2.45, 2.75) is 32.2 Å². The Bertz CT molecular complexity index is 1220. The molecular weight excluding hydrogens is 430 g/mol. The minimum absolute atomic E-state index is 0.146. The molecule has 1 atom stereocenters. The molecule has 1 N–H and O–H groups in total. The van der Waals surface area contributed by atoms with Crippen molar-refractivity contribution in [2.24, 2.45) is 5.10 Å². The number of carbonyl (C=O) groups is 2. The quantitative estimate of drug-likeness (QED) is 0.546. The van der Waals surface area contributed by atoms with Gasteiger partial charge in [-0.05, 0) is 30.7 Å². The van der Waals surface area contributed by atoms with Gasteiger partial charge in [-0.3, -0.25) is 9.59 Å². The molecule has 0 radical (unpaired) electrons. The average molecular weight is 452 g/mol. The molecule has 32 heavy (non-hydrogen) atoms. The van der Waals surface area contributed by atoms with Gasteiger partial charge in [0.25, 0.3) is 0 Å². The number of ether oxygens (including phenoxy) is 1. The van der Waals surface area contributed by atoms with Crippen molar-refractivity contribution < 1.29 is 19.4 Å². The number of amides is 1. The van der Waals surface area contributed by atoms with E-state index in [4.69, 9.17) is 21.4 Å². The SMILES string of the molecule is COc1ccc2cc(C3CC(c4ccc(C)cc4)=NN3C(=O)CCC(=O)O)c(Cl)nc2c1. The van der Waals surface area contributed by atoms with Crippen LogP contribution in [0.5, 0.6) is 5.75 Å². The molecule has 1 amide bonds. The molecule has 1 aliphatic heterocycles. The van der Waals surface area contributed by atoms with E-state index in [0.717, 1.165) is 22.2 Å². The van der Waals surface area contributed by atoms with E-state index >= 15 is 0 Å². The van der Waals surface area contributed by atoms with Crippen LogP contribution in [0.4, 0.5) is 0 Å². The number of halogens is 1. The van der Waals surface area contributed by atoms with E-state index in [1.807, 2.05) is 49.4 Å². The fraction of sp³-hybridized carbons (Fsp3) is 0.250. The number of carboxylic acids is 1. The third-order valence-electron chi connectivity index (χ3n) is 5.47. The van der Waals surface area contributed by atoms with Crippen LogP contribution in [-0.2, 0) is 9.59 Å². The van der Waals surface area contributed by atoms with Gasteiger partial charge in [0.1, 0.15) is 10.9 Å². The lowest BCUT2D eigenvalue weighted by atomic mass is 9.97. The lowest BCUT2D eigenvalue weighted by molar-refractivity contribution is -0.141. The van der Waals surface area contributed by atoms with Crippen LogP contribution in [0.3, 0.4) is 0 Å². The number of hydrazone groups is 1. The zero-order valence-electron chi connectivity index (χ0n) is 17.7. The molecule has 8 heteroatoms. The first-order valence-corrected chi connectivity index (χ1v) is 10.6. The molecule has 164 valence electrons. The van der Waals surface area contributed by atoms with Crippen LogP contribution in [0.15, 0.2) is 53.6 Å². The van der Waals surface area contributed by atoms with E-state index in [1.54, 1.807) is 13.2 Å². The Morgan fingerprint density at radius 1 is 1.16 bits per heavy atom. The van der Waals surface area contributed by atoms with Crippen LogP contribution in [0, 0.1) is 6.92 Å². The third kappa shape index (κ3) is 4.43. The Morgan fingerprint density at radius 2 is 1.91 bits per heavy atom. The summed E-state index contributed by atoms with van der Waals surface area (Å²) < 4.78 is 5.26.